The Balaban J connectivity index is 1.35. The fourth-order valence-electron chi connectivity index (χ4n) is 3.61. The van der Waals surface area contributed by atoms with Crippen LogP contribution in [0.15, 0.2) is 42.5 Å². The normalized spacial score (nSPS) is 14.3. The number of hydrogen-bond donors (Lipinski definition) is 1. The first-order valence-electron chi connectivity index (χ1n) is 10.5. The van der Waals surface area contributed by atoms with Gasteiger partial charge in [-0.05, 0) is 74.1 Å². The number of aromatic nitrogens is 2. The van der Waals surface area contributed by atoms with Crippen LogP contribution in [0, 0.1) is 17.8 Å². The number of nitrogens with zero attached hydrogens (tertiary/aromatic N) is 4. The van der Waals surface area contributed by atoms with Gasteiger partial charge in [-0.3, -0.25) is 4.90 Å². The van der Waals surface area contributed by atoms with Gasteiger partial charge >= 0.3 is 0 Å². The van der Waals surface area contributed by atoms with E-state index in [2.05, 4.69) is 83.6 Å². The molecule has 0 radical (unpaired) electrons. The minimum atomic E-state index is 0.648. The first kappa shape index (κ1) is 22.0. The minimum absolute atomic E-state index is 0.648. The van der Waals surface area contributed by atoms with Gasteiger partial charge in [0.15, 0.2) is 3.95 Å². The van der Waals surface area contributed by atoms with Gasteiger partial charge in [-0.15, -0.1) is 5.10 Å². The first-order valence-corrected chi connectivity index (χ1v) is 11.7. The van der Waals surface area contributed by atoms with Crippen molar-refractivity contribution in [1.82, 2.24) is 14.7 Å². The number of aryl methyl sites for hydroxylation is 2. The topological polar surface area (TPSA) is 45.6 Å². The van der Waals surface area contributed by atoms with E-state index in [4.69, 9.17) is 17.0 Å². The van der Waals surface area contributed by atoms with Gasteiger partial charge in [0.05, 0.1) is 19.9 Å². The lowest BCUT2D eigenvalue weighted by molar-refractivity contribution is 0.122. The molecule has 0 aliphatic carbocycles. The molecule has 8 heteroatoms. The van der Waals surface area contributed by atoms with Crippen molar-refractivity contribution in [3.05, 3.63) is 63.1 Å². The smallest absolute Gasteiger partial charge is 0.209 e. The maximum Gasteiger partial charge on any atom is 0.209 e. The lowest BCUT2D eigenvalue weighted by atomic mass is 10.1. The molecule has 0 atom stereocenters. The zero-order valence-corrected chi connectivity index (χ0v) is 19.9. The van der Waals surface area contributed by atoms with E-state index >= 15 is 0 Å². The molecule has 1 aliphatic heterocycles. The predicted molar refractivity (Wildman–Crippen MR) is 131 cm³/mol. The maximum atomic E-state index is 5.54. The summed E-state index contributed by atoms with van der Waals surface area (Å²) in [6.45, 7) is 9.24. The van der Waals surface area contributed by atoms with Crippen LogP contribution >= 0.6 is 23.6 Å². The van der Waals surface area contributed by atoms with Crippen LogP contribution in [0.5, 0.6) is 0 Å². The SMILES string of the molecule is Cc1ccc(Nc2nn(CN(C)Cc3ccc(N4CCOCC4)cc3)c(=S)s2)cc1C. The van der Waals surface area contributed by atoms with Gasteiger partial charge < -0.3 is 15.0 Å². The van der Waals surface area contributed by atoms with Crippen molar-refractivity contribution in [2.24, 2.45) is 0 Å². The van der Waals surface area contributed by atoms with Gasteiger partial charge in [-0.25, -0.2) is 4.68 Å². The molecule has 0 spiro atoms. The van der Waals surface area contributed by atoms with Crippen molar-refractivity contribution in [2.75, 3.05) is 43.6 Å². The Hall–Kier alpha value is -2.26. The monoisotopic (exact) mass is 455 g/mol. The number of hydrogen-bond acceptors (Lipinski definition) is 7. The second kappa shape index (κ2) is 9.91. The van der Waals surface area contributed by atoms with Crippen LogP contribution in [0.25, 0.3) is 0 Å². The maximum absolute atomic E-state index is 5.54. The zero-order chi connectivity index (χ0) is 21.8. The lowest BCUT2D eigenvalue weighted by Crippen LogP contribution is -2.36. The average molecular weight is 456 g/mol. The largest absolute Gasteiger partial charge is 0.378 e. The molecule has 1 N–H and O–H groups in total. The lowest BCUT2D eigenvalue weighted by Gasteiger charge is -2.29. The van der Waals surface area contributed by atoms with E-state index < -0.39 is 0 Å². The highest BCUT2D eigenvalue weighted by Crippen LogP contribution is 2.23. The summed E-state index contributed by atoms with van der Waals surface area (Å²) in [6.07, 6.45) is 0. The quantitative estimate of drug-likeness (QED) is 0.508. The zero-order valence-electron chi connectivity index (χ0n) is 18.3. The second-order valence-corrected chi connectivity index (χ2v) is 9.64. The highest BCUT2D eigenvalue weighted by molar-refractivity contribution is 7.73. The van der Waals surface area contributed by atoms with Crippen molar-refractivity contribution in [1.29, 1.82) is 0 Å². The average Bonchev–Trinajstić information content (AvgIpc) is 3.10. The van der Waals surface area contributed by atoms with Gasteiger partial charge in [-0.2, -0.15) is 0 Å². The fraction of sp³-hybridized carbons (Fsp3) is 0.391. The molecule has 1 fully saturated rings. The van der Waals surface area contributed by atoms with Gasteiger partial charge in [0.25, 0.3) is 0 Å². The third-order valence-corrected chi connectivity index (χ3v) is 6.73. The molecule has 2 aromatic carbocycles. The van der Waals surface area contributed by atoms with Gasteiger partial charge in [0.2, 0.25) is 5.13 Å². The van der Waals surface area contributed by atoms with Gasteiger partial charge in [-0.1, -0.05) is 29.5 Å². The number of morpholine rings is 1. The Labute approximate surface area is 193 Å². The molecule has 1 aromatic heterocycles. The molecule has 1 saturated heterocycles. The Kier molecular flexibility index (Phi) is 7.02. The molecule has 1 aliphatic rings. The van der Waals surface area contributed by atoms with E-state index in [0.717, 1.165) is 47.6 Å². The van der Waals surface area contributed by atoms with Crippen LogP contribution in [0.4, 0.5) is 16.5 Å². The first-order chi connectivity index (χ1) is 15.0. The van der Waals surface area contributed by atoms with Crippen LogP contribution in [-0.2, 0) is 18.0 Å². The summed E-state index contributed by atoms with van der Waals surface area (Å²) in [4.78, 5) is 4.59. The van der Waals surface area contributed by atoms with Crippen LogP contribution in [-0.4, -0.2) is 48.0 Å². The second-order valence-electron chi connectivity index (χ2n) is 8.02. The van der Waals surface area contributed by atoms with E-state index in [1.807, 2.05) is 4.68 Å². The van der Waals surface area contributed by atoms with Crippen molar-refractivity contribution < 1.29 is 4.74 Å². The molecule has 164 valence electrons. The summed E-state index contributed by atoms with van der Waals surface area (Å²) >= 11 is 7.04. The molecular weight excluding hydrogens is 426 g/mol. The summed E-state index contributed by atoms with van der Waals surface area (Å²) in [5.74, 6) is 0. The summed E-state index contributed by atoms with van der Waals surface area (Å²) in [5.41, 5.74) is 6.11. The predicted octanol–water partition coefficient (Wildman–Crippen LogP) is 4.96. The van der Waals surface area contributed by atoms with Crippen molar-refractivity contribution in [3.63, 3.8) is 0 Å². The highest BCUT2D eigenvalue weighted by Gasteiger charge is 2.12. The van der Waals surface area contributed by atoms with Gasteiger partial charge in [0, 0.05) is 31.0 Å². The van der Waals surface area contributed by atoms with Crippen LogP contribution in [0.1, 0.15) is 16.7 Å². The van der Waals surface area contributed by atoms with E-state index in [1.165, 1.54) is 33.7 Å². The number of rotatable bonds is 7. The fourth-order valence-corrected chi connectivity index (χ4v) is 4.63. The molecule has 4 rings (SSSR count). The summed E-state index contributed by atoms with van der Waals surface area (Å²) in [5, 5.41) is 8.87. The standard InChI is InChI=1S/C23H29N5OS2/c1-17-4-7-20(14-18(17)2)24-22-25-28(23(30)31-22)16-26(3)15-19-5-8-21(9-6-19)27-10-12-29-13-11-27/h4-9,14H,10-13,15-16H2,1-3H3,(H,24,25). The van der Waals surface area contributed by atoms with Crippen molar-refractivity contribution >= 4 is 40.1 Å². The molecule has 0 saturated carbocycles. The number of benzene rings is 2. The Morgan fingerprint density at radius 2 is 1.84 bits per heavy atom. The van der Waals surface area contributed by atoms with Gasteiger partial charge in [0.1, 0.15) is 0 Å². The molecule has 2 heterocycles. The summed E-state index contributed by atoms with van der Waals surface area (Å²) < 4.78 is 8.08. The van der Waals surface area contributed by atoms with E-state index in [9.17, 15) is 0 Å². The van der Waals surface area contributed by atoms with Crippen molar-refractivity contribution in [3.8, 4) is 0 Å². The minimum Gasteiger partial charge on any atom is -0.378 e. The Morgan fingerprint density at radius 3 is 2.55 bits per heavy atom. The van der Waals surface area contributed by atoms with E-state index in [1.54, 1.807) is 0 Å². The summed E-state index contributed by atoms with van der Waals surface area (Å²) in [7, 11) is 2.09. The van der Waals surface area contributed by atoms with E-state index in [-0.39, 0.29) is 0 Å². The third kappa shape index (κ3) is 5.71. The molecule has 6 nitrogen and oxygen atoms in total. The molecule has 0 unspecified atom stereocenters. The molecule has 31 heavy (non-hydrogen) atoms. The number of anilines is 3. The number of ether oxygens (including phenoxy) is 1. The number of nitrogens with one attached hydrogen (secondary N) is 1. The van der Waals surface area contributed by atoms with Crippen LogP contribution in [0.3, 0.4) is 0 Å². The van der Waals surface area contributed by atoms with Crippen LogP contribution < -0.4 is 10.2 Å². The van der Waals surface area contributed by atoms with E-state index in [0.29, 0.717) is 6.67 Å². The molecular formula is C23H29N5OS2. The third-order valence-electron chi connectivity index (χ3n) is 5.50. The van der Waals surface area contributed by atoms with Crippen molar-refractivity contribution in [2.45, 2.75) is 27.1 Å². The van der Waals surface area contributed by atoms with Crippen LogP contribution in [0.2, 0.25) is 0 Å². The highest BCUT2D eigenvalue weighted by atomic mass is 32.1. The Morgan fingerprint density at radius 1 is 1.10 bits per heavy atom. The molecule has 3 aromatic rings. The Bertz CT molecular complexity index is 1070. The molecule has 0 bridgehead atoms. The molecule has 0 amide bonds. The summed E-state index contributed by atoms with van der Waals surface area (Å²) in [6, 6.07) is 15.1.